The van der Waals surface area contributed by atoms with Crippen molar-refractivity contribution in [2.24, 2.45) is 0 Å². The fourth-order valence-corrected chi connectivity index (χ4v) is 5.47. The van der Waals surface area contributed by atoms with Gasteiger partial charge in [-0.15, -0.1) is 10.2 Å². The summed E-state index contributed by atoms with van der Waals surface area (Å²) in [5.74, 6) is 0.441. The summed E-state index contributed by atoms with van der Waals surface area (Å²) in [5.41, 5.74) is 0.0657. The predicted molar refractivity (Wildman–Crippen MR) is 128 cm³/mol. The molecule has 4 rings (SSSR count). The zero-order chi connectivity index (χ0) is 24.0. The molecule has 8 nitrogen and oxygen atoms in total. The normalized spacial score (nSPS) is 18.4. The molecule has 182 valence electrons. The van der Waals surface area contributed by atoms with E-state index in [0.29, 0.717) is 17.5 Å². The molecule has 1 amide bonds. The second kappa shape index (κ2) is 11.3. The summed E-state index contributed by atoms with van der Waals surface area (Å²) >= 11 is 1.33. The largest absolute Gasteiger partial charge is 0.379 e. The number of aromatic nitrogens is 3. The van der Waals surface area contributed by atoms with E-state index in [9.17, 15) is 14.4 Å². The summed E-state index contributed by atoms with van der Waals surface area (Å²) in [6.07, 6.45) is 4.49. The SMILES string of the molecule is CN(C(=O)CSc1nnc(-c2ccc(F)cc2)n1CCN1CCOCC1)C1(C#N)CCCCC1. The van der Waals surface area contributed by atoms with Crippen LogP contribution in [0.15, 0.2) is 29.4 Å². The summed E-state index contributed by atoms with van der Waals surface area (Å²) in [7, 11) is 1.74. The average molecular weight is 487 g/mol. The molecule has 2 heterocycles. The molecule has 1 aromatic heterocycles. The van der Waals surface area contributed by atoms with Crippen LogP contribution in [0.25, 0.3) is 11.4 Å². The maximum absolute atomic E-state index is 13.5. The van der Waals surface area contributed by atoms with Crippen molar-refractivity contribution in [3.05, 3.63) is 30.1 Å². The van der Waals surface area contributed by atoms with Crippen LogP contribution >= 0.6 is 11.8 Å². The molecule has 1 aliphatic carbocycles. The molecule has 0 N–H and O–H groups in total. The highest BCUT2D eigenvalue weighted by Gasteiger charge is 2.38. The maximum atomic E-state index is 13.5. The smallest absolute Gasteiger partial charge is 0.234 e. The Morgan fingerprint density at radius 2 is 1.88 bits per heavy atom. The van der Waals surface area contributed by atoms with E-state index in [1.807, 2.05) is 4.57 Å². The van der Waals surface area contributed by atoms with Crippen LogP contribution in [0.5, 0.6) is 0 Å². The third-order valence-corrected chi connectivity index (χ3v) is 7.74. The van der Waals surface area contributed by atoms with Crippen molar-refractivity contribution < 1.29 is 13.9 Å². The molecule has 1 saturated carbocycles. The van der Waals surface area contributed by atoms with E-state index >= 15 is 0 Å². The van der Waals surface area contributed by atoms with Gasteiger partial charge in [0.05, 0.1) is 25.0 Å². The van der Waals surface area contributed by atoms with Gasteiger partial charge in [-0.2, -0.15) is 5.26 Å². The first-order chi connectivity index (χ1) is 16.5. The van der Waals surface area contributed by atoms with Crippen LogP contribution in [-0.2, 0) is 16.1 Å². The minimum atomic E-state index is -0.709. The molecule has 2 aromatic rings. The number of benzene rings is 1. The van der Waals surface area contributed by atoms with Crippen molar-refractivity contribution in [2.45, 2.75) is 49.3 Å². The van der Waals surface area contributed by atoms with Crippen molar-refractivity contribution in [1.82, 2.24) is 24.6 Å². The molecule has 10 heteroatoms. The number of amides is 1. The van der Waals surface area contributed by atoms with Crippen molar-refractivity contribution in [3.8, 4) is 17.5 Å². The van der Waals surface area contributed by atoms with Crippen LogP contribution in [-0.4, -0.2) is 81.7 Å². The highest BCUT2D eigenvalue weighted by atomic mass is 32.2. The molecule has 1 saturated heterocycles. The number of ether oxygens (including phenoxy) is 1. The zero-order valence-electron chi connectivity index (χ0n) is 19.6. The van der Waals surface area contributed by atoms with Gasteiger partial charge in [0.1, 0.15) is 11.4 Å². The number of nitrogens with zero attached hydrogens (tertiary/aromatic N) is 6. The van der Waals surface area contributed by atoms with Crippen LogP contribution < -0.4 is 0 Å². The van der Waals surface area contributed by atoms with Gasteiger partial charge in [-0.1, -0.05) is 31.0 Å². The lowest BCUT2D eigenvalue weighted by Gasteiger charge is -2.39. The Bertz CT molecular complexity index is 1010. The molecule has 0 unspecified atom stereocenters. The second-order valence-electron chi connectivity index (χ2n) is 8.86. The second-order valence-corrected chi connectivity index (χ2v) is 9.81. The molecule has 1 aliphatic heterocycles. The first kappa shape index (κ1) is 24.6. The molecule has 0 radical (unpaired) electrons. The van der Waals surface area contributed by atoms with Crippen LogP contribution in [0.4, 0.5) is 4.39 Å². The molecule has 34 heavy (non-hydrogen) atoms. The Hall–Kier alpha value is -2.48. The third kappa shape index (κ3) is 5.59. The van der Waals surface area contributed by atoms with E-state index in [2.05, 4.69) is 21.2 Å². The molecule has 0 atom stereocenters. The molecule has 1 aromatic carbocycles. The van der Waals surface area contributed by atoms with Crippen molar-refractivity contribution >= 4 is 17.7 Å². The lowest BCUT2D eigenvalue weighted by molar-refractivity contribution is -0.131. The molecular weight excluding hydrogens is 455 g/mol. The van der Waals surface area contributed by atoms with E-state index < -0.39 is 5.54 Å². The van der Waals surface area contributed by atoms with Gasteiger partial charge >= 0.3 is 0 Å². The minimum Gasteiger partial charge on any atom is -0.379 e. The Kier molecular flexibility index (Phi) is 8.19. The summed E-state index contributed by atoms with van der Waals surface area (Å²) in [6.45, 7) is 4.63. The van der Waals surface area contributed by atoms with E-state index in [4.69, 9.17) is 4.74 Å². The number of nitriles is 1. The fourth-order valence-electron chi connectivity index (χ4n) is 4.60. The van der Waals surface area contributed by atoms with Gasteiger partial charge in [0.2, 0.25) is 5.91 Å². The molecule has 2 fully saturated rings. The summed E-state index contributed by atoms with van der Waals surface area (Å²) in [5, 5.41) is 19.2. The quantitative estimate of drug-likeness (QED) is 0.530. The number of rotatable bonds is 8. The van der Waals surface area contributed by atoms with Crippen LogP contribution in [0.3, 0.4) is 0 Å². The van der Waals surface area contributed by atoms with Gasteiger partial charge in [0.15, 0.2) is 11.0 Å². The monoisotopic (exact) mass is 486 g/mol. The first-order valence-electron chi connectivity index (χ1n) is 11.8. The van der Waals surface area contributed by atoms with Crippen LogP contribution in [0.1, 0.15) is 32.1 Å². The van der Waals surface area contributed by atoms with E-state index in [1.54, 1.807) is 24.1 Å². The van der Waals surface area contributed by atoms with Gasteiger partial charge in [-0.3, -0.25) is 9.69 Å². The van der Waals surface area contributed by atoms with Gasteiger partial charge < -0.3 is 14.2 Å². The predicted octanol–water partition coefficient (Wildman–Crippen LogP) is 3.19. The number of halogens is 1. The van der Waals surface area contributed by atoms with Gasteiger partial charge in [0, 0.05) is 38.8 Å². The van der Waals surface area contributed by atoms with Crippen molar-refractivity contribution in [3.63, 3.8) is 0 Å². The maximum Gasteiger partial charge on any atom is 0.234 e. The van der Waals surface area contributed by atoms with E-state index in [1.165, 1.54) is 23.9 Å². The Morgan fingerprint density at radius 1 is 1.18 bits per heavy atom. The number of morpholine rings is 1. The van der Waals surface area contributed by atoms with Gasteiger partial charge in [-0.25, -0.2) is 4.39 Å². The number of hydrogen-bond acceptors (Lipinski definition) is 7. The van der Waals surface area contributed by atoms with Gasteiger partial charge in [-0.05, 0) is 37.1 Å². The Labute approximate surface area is 204 Å². The molecule has 2 aliphatic rings. The number of hydrogen-bond donors (Lipinski definition) is 0. The van der Waals surface area contributed by atoms with Crippen molar-refractivity contribution in [1.29, 1.82) is 5.26 Å². The van der Waals surface area contributed by atoms with Gasteiger partial charge in [0.25, 0.3) is 0 Å². The average Bonchev–Trinajstić information content (AvgIpc) is 3.29. The fraction of sp³-hybridized carbons (Fsp3) is 0.583. The lowest BCUT2D eigenvalue weighted by atomic mass is 9.81. The summed E-state index contributed by atoms with van der Waals surface area (Å²) < 4.78 is 20.9. The van der Waals surface area contributed by atoms with E-state index in [0.717, 1.165) is 70.5 Å². The highest BCUT2D eigenvalue weighted by molar-refractivity contribution is 7.99. The topological polar surface area (TPSA) is 87.3 Å². The third-order valence-electron chi connectivity index (χ3n) is 6.79. The Morgan fingerprint density at radius 3 is 2.56 bits per heavy atom. The molecule has 0 spiro atoms. The van der Waals surface area contributed by atoms with Crippen molar-refractivity contribution in [2.75, 3.05) is 45.6 Å². The van der Waals surface area contributed by atoms with Crippen LogP contribution in [0.2, 0.25) is 0 Å². The van der Waals surface area contributed by atoms with Crippen LogP contribution in [0, 0.1) is 17.1 Å². The summed E-state index contributed by atoms with van der Waals surface area (Å²) in [6, 6.07) is 8.61. The minimum absolute atomic E-state index is 0.0838. The highest BCUT2D eigenvalue weighted by Crippen LogP contribution is 2.33. The summed E-state index contributed by atoms with van der Waals surface area (Å²) in [4.78, 5) is 17.0. The molecular formula is C24H31FN6O2S. The number of thioether (sulfide) groups is 1. The number of carbonyl (C=O) groups excluding carboxylic acids is 1. The number of carbonyl (C=O) groups is 1. The standard InChI is InChI=1S/C24H31FN6O2S/c1-29(24(18-26)9-3-2-4-10-24)21(32)17-34-23-28-27-22(19-5-7-20(25)8-6-19)31(23)12-11-30-13-15-33-16-14-30/h5-8H,2-4,9-17H2,1H3. The Balaban J connectivity index is 1.49. The first-order valence-corrected chi connectivity index (χ1v) is 12.8. The molecule has 0 bridgehead atoms. The van der Waals surface area contributed by atoms with E-state index in [-0.39, 0.29) is 17.5 Å². The zero-order valence-corrected chi connectivity index (χ0v) is 20.4. The lowest BCUT2D eigenvalue weighted by Crippen LogP contribution is -2.50.